The minimum absolute atomic E-state index is 0.0746. The van der Waals surface area contributed by atoms with Crippen molar-refractivity contribution in [1.82, 2.24) is 10.2 Å². The molecule has 0 saturated carbocycles. The van der Waals surface area contributed by atoms with Gasteiger partial charge in [0.15, 0.2) is 0 Å². The van der Waals surface area contributed by atoms with E-state index in [1.165, 1.54) is 0 Å². The monoisotopic (exact) mass is 346 g/mol. The van der Waals surface area contributed by atoms with E-state index in [-0.39, 0.29) is 31.3 Å². The molecule has 7 heteroatoms. The zero-order valence-electron chi connectivity index (χ0n) is 14.8. The number of anilines is 1. The normalized spacial score (nSPS) is 10.0. The summed E-state index contributed by atoms with van der Waals surface area (Å²) in [6, 6.07) is 6.89. The van der Waals surface area contributed by atoms with E-state index < -0.39 is 5.91 Å². The standard InChI is InChI=1S/C18H26N4O3/c1-4-22(12-13(2)3)17(24)11-21-15-8-6-5-7-14(15)18(25)20-10-9-16(19)23/h5-8,21H,2,4,9-12H2,1,3H3,(H2,19,23)(H,20,25). The van der Waals surface area contributed by atoms with Gasteiger partial charge >= 0.3 is 0 Å². The van der Waals surface area contributed by atoms with Crippen molar-refractivity contribution < 1.29 is 14.4 Å². The van der Waals surface area contributed by atoms with Gasteiger partial charge in [-0.2, -0.15) is 0 Å². The van der Waals surface area contributed by atoms with Crippen LogP contribution in [0.15, 0.2) is 36.4 Å². The lowest BCUT2D eigenvalue weighted by Gasteiger charge is -2.21. The van der Waals surface area contributed by atoms with E-state index >= 15 is 0 Å². The Morgan fingerprint density at radius 2 is 1.92 bits per heavy atom. The minimum atomic E-state index is -0.477. The molecule has 0 atom stereocenters. The van der Waals surface area contributed by atoms with Crippen molar-refractivity contribution in [2.24, 2.45) is 5.73 Å². The van der Waals surface area contributed by atoms with E-state index in [0.29, 0.717) is 24.3 Å². The zero-order chi connectivity index (χ0) is 18.8. The van der Waals surface area contributed by atoms with Crippen LogP contribution in [-0.4, -0.2) is 48.8 Å². The molecule has 0 fully saturated rings. The van der Waals surface area contributed by atoms with Gasteiger partial charge in [-0.15, -0.1) is 0 Å². The van der Waals surface area contributed by atoms with Crippen molar-refractivity contribution in [3.05, 3.63) is 42.0 Å². The van der Waals surface area contributed by atoms with Crippen LogP contribution in [0.4, 0.5) is 5.69 Å². The largest absolute Gasteiger partial charge is 0.376 e. The number of nitrogens with zero attached hydrogens (tertiary/aromatic N) is 1. The highest BCUT2D eigenvalue weighted by atomic mass is 16.2. The Kier molecular flexibility index (Phi) is 8.18. The van der Waals surface area contributed by atoms with Crippen LogP contribution in [-0.2, 0) is 9.59 Å². The first-order valence-corrected chi connectivity index (χ1v) is 8.16. The second kappa shape index (κ2) is 10.1. The third-order valence-electron chi connectivity index (χ3n) is 3.45. The number of primary amides is 1. The predicted octanol–water partition coefficient (Wildman–Crippen LogP) is 1.13. The highest BCUT2D eigenvalue weighted by molar-refractivity contribution is 6.00. The summed E-state index contributed by atoms with van der Waals surface area (Å²) in [6.07, 6.45) is 0.0756. The van der Waals surface area contributed by atoms with Crippen molar-refractivity contribution in [2.75, 3.05) is 31.5 Å². The average Bonchev–Trinajstić information content (AvgIpc) is 2.57. The molecule has 1 rings (SSSR count). The van der Waals surface area contributed by atoms with E-state index in [1.807, 2.05) is 13.8 Å². The quantitative estimate of drug-likeness (QED) is 0.552. The maximum absolute atomic E-state index is 12.3. The van der Waals surface area contributed by atoms with Crippen molar-refractivity contribution in [2.45, 2.75) is 20.3 Å². The van der Waals surface area contributed by atoms with Crippen LogP contribution in [0.3, 0.4) is 0 Å². The fraction of sp³-hybridized carbons (Fsp3) is 0.389. The summed E-state index contributed by atoms with van der Waals surface area (Å²) in [7, 11) is 0. The van der Waals surface area contributed by atoms with E-state index in [0.717, 1.165) is 5.57 Å². The van der Waals surface area contributed by atoms with Gasteiger partial charge in [0.2, 0.25) is 11.8 Å². The summed E-state index contributed by atoms with van der Waals surface area (Å²) in [5.41, 5.74) is 6.92. The summed E-state index contributed by atoms with van der Waals surface area (Å²) < 4.78 is 0. The maximum Gasteiger partial charge on any atom is 0.253 e. The Morgan fingerprint density at radius 3 is 2.52 bits per heavy atom. The smallest absolute Gasteiger partial charge is 0.253 e. The molecule has 25 heavy (non-hydrogen) atoms. The third kappa shape index (κ3) is 7.07. The van der Waals surface area contributed by atoms with Crippen LogP contribution in [0.1, 0.15) is 30.6 Å². The number of amides is 3. The van der Waals surface area contributed by atoms with Gasteiger partial charge in [-0.3, -0.25) is 14.4 Å². The first kappa shape index (κ1) is 20.2. The van der Waals surface area contributed by atoms with Gasteiger partial charge < -0.3 is 21.3 Å². The number of hydrogen-bond acceptors (Lipinski definition) is 4. The molecular weight excluding hydrogens is 320 g/mol. The molecule has 0 saturated heterocycles. The molecule has 3 amide bonds. The molecule has 7 nitrogen and oxygen atoms in total. The number of benzene rings is 1. The van der Waals surface area contributed by atoms with E-state index in [2.05, 4.69) is 17.2 Å². The lowest BCUT2D eigenvalue weighted by atomic mass is 10.1. The van der Waals surface area contributed by atoms with Gasteiger partial charge in [-0.05, 0) is 26.0 Å². The van der Waals surface area contributed by atoms with Crippen molar-refractivity contribution in [3.8, 4) is 0 Å². The number of carbonyl (C=O) groups is 3. The summed E-state index contributed by atoms with van der Waals surface area (Å²) in [5.74, 6) is -0.880. The second-order valence-electron chi connectivity index (χ2n) is 5.74. The highest BCUT2D eigenvalue weighted by Gasteiger charge is 2.14. The van der Waals surface area contributed by atoms with Crippen LogP contribution in [0, 0.1) is 0 Å². The molecule has 1 aromatic rings. The molecule has 0 aliphatic rings. The molecule has 4 N–H and O–H groups in total. The molecular formula is C18H26N4O3. The van der Waals surface area contributed by atoms with Crippen LogP contribution in [0.5, 0.6) is 0 Å². The summed E-state index contributed by atoms with van der Waals surface area (Å²) >= 11 is 0. The average molecular weight is 346 g/mol. The van der Waals surface area contributed by atoms with Crippen molar-refractivity contribution in [1.29, 1.82) is 0 Å². The molecule has 1 aromatic carbocycles. The Morgan fingerprint density at radius 1 is 1.24 bits per heavy atom. The number of nitrogens with one attached hydrogen (secondary N) is 2. The fourth-order valence-corrected chi connectivity index (χ4v) is 2.21. The molecule has 0 spiro atoms. The number of hydrogen-bond donors (Lipinski definition) is 3. The number of likely N-dealkylation sites (N-methyl/N-ethyl adjacent to an activating group) is 1. The molecule has 0 bridgehead atoms. The zero-order valence-corrected chi connectivity index (χ0v) is 14.8. The second-order valence-corrected chi connectivity index (χ2v) is 5.74. The van der Waals surface area contributed by atoms with E-state index in [9.17, 15) is 14.4 Å². The Bertz CT molecular complexity index is 643. The van der Waals surface area contributed by atoms with Gasteiger partial charge in [0.1, 0.15) is 0 Å². The Hall–Kier alpha value is -2.83. The first-order valence-electron chi connectivity index (χ1n) is 8.16. The van der Waals surface area contributed by atoms with Gasteiger partial charge in [0, 0.05) is 31.7 Å². The summed E-state index contributed by atoms with van der Waals surface area (Å²) in [4.78, 5) is 36.9. The van der Waals surface area contributed by atoms with Crippen molar-refractivity contribution in [3.63, 3.8) is 0 Å². The minimum Gasteiger partial charge on any atom is -0.376 e. The van der Waals surface area contributed by atoms with E-state index in [1.54, 1.807) is 29.2 Å². The predicted molar refractivity (Wildman–Crippen MR) is 98.1 cm³/mol. The third-order valence-corrected chi connectivity index (χ3v) is 3.45. The molecule has 0 aliphatic heterocycles. The van der Waals surface area contributed by atoms with Gasteiger partial charge in [-0.25, -0.2) is 0 Å². The fourth-order valence-electron chi connectivity index (χ4n) is 2.21. The summed E-state index contributed by atoms with van der Waals surface area (Å²) in [5, 5.41) is 5.64. The molecule has 0 aromatic heterocycles. The molecule has 0 radical (unpaired) electrons. The molecule has 0 heterocycles. The Balaban J connectivity index is 2.70. The van der Waals surface area contributed by atoms with E-state index in [4.69, 9.17) is 5.73 Å². The van der Waals surface area contributed by atoms with Crippen molar-refractivity contribution >= 4 is 23.4 Å². The number of nitrogens with two attached hydrogens (primary N) is 1. The first-order chi connectivity index (χ1) is 11.8. The van der Waals surface area contributed by atoms with Gasteiger partial charge in [0.25, 0.3) is 5.91 Å². The van der Waals surface area contributed by atoms with Crippen LogP contribution < -0.4 is 16.4 Å². The van der Waals surface area contributed by atoms with Crippen LogP contribution >= 0.6 is 0 Å². The number of rotatable bonds is 10. The maximum atomic E-state index is 12.3. The lowest BCUT2D eigenvalue weighted by molar-refractivity contribution is -0.128. The molecule has 136 valence electrons. The number of para-hydroxylation sites is 1. The number of carbonyl (C=O) groups excluding carboxylic acids is 3. The summed E-state index contributed by atoms with van der Waals surface area (Å²) in [6.45, 7) is 8.93. The Labute approximate surface area is 148 Å². The molecule has 0 aliphatic carbocycles. The van der Waals surface area contributed by atoms with Crippen LogP contribution in [0.2, 0.25) is 0 Å². The molecule has 0 unspecified atom stereocenters. The highest BCUT2D eigenvalue weighted by Crippen LogP contribution is 2.14. The SMILES string of the molecule is C=C(C)CN(CC)C(=O)CNc1ccccc1C(=O)NCCC(N)=O. The van der Waals surface area contributed by atoms with Gasteiger partial charge in [0.05, 0.1) is 12.1 Å². The topological polar surface area (TPSA) is 105 Å². The van der Waals surface area contributed by atoms with Crippen LogP contribution in [0.25, 0.3) is 0 Å². The lowest BCUT2D eigenvalue weighted by Crippen LogP contribution is -2.36. The van der Waals surface area contributed by atoms with Gasteiger partial charge in [-0.1, -0.05) is 24.3 Å².